The van der Waals surface area contributed by atoms with Gasteiger partial charge in [0.25, 0.3) is 0 Å². The van der Waals surface area contributed by atoms with Gasteiger partial charge < -0.3 is 15.4 Å². The third-order valence-corrected chi connectivity index (χ3v) is 5.01. The molecule has 0 aromatic carbocycles. The van der Waals surface area contributed by atoms with Crippen molar-refractivity contribution in [1.29, 1.82) is 0 Å². The van der Waals surface area contributed by atoms with Gasteiger partial charge >= 0.3 is 0 Å². The van der Waals surface area contributed by atoms with Crippen LogP contribution in [0.1, 0.15) is 26.1 Å². The second-order valence-electron chi connectivity index (χ2n) is 6.37. The smallest absolute Gasteiger partial charge is 0.243 e. The van der Waals surface area contributed by atoms with Gasteiger partial charge in [-0.05, 0) is 6.42 Å². The van der Waals surface area contributed by atoms with Crippen LogP contribution in [-0.4, -0.2) is 51.3 Å². The minimum atomic E-state index is -0.858. The summed E-state index contributed by atoms with van der Waals surface area (Å²) in [4.78, 5) is 18.5. The van der Waals surface area contributed by atoms with E-state index < -0.39 is 5.54 Å². The van der Waals surface area contributed by atoms with Gasteiger partial charge in [0, 0.05) is 25.0 Å². The summed E-state index contributed by atoms with van der Waals surface area (Å²) in [5.74, 6) is 0.716. The maximum absolute atomic E-state index is 12.8. The Morgan fingerprint density at radius 2 is 2.40 bits per heavy atom. The lowest BCUT2D eigenvalue weighted by Crippen LogP contribution is -2.80. The van der Waals surface area contributed by atoms with Gasteiger partial charge in [0.15, 0.2) is 0 Å². The van der Waals surface area contributed by atoms with E-state index in [9.17, 15) is 4.79 Å². The molecule has 1 saturated carbocycles. The number of hydrogen-bond acceptors (Lipinski definition) is 5. The molecule has 0 spiro atoms. The molecule has 1 saturated heterocycles. The zero-order chi connectivity index (χ0) is 14.5. The highest BCUT2D eigenvalue weighted by Crippen LogP contribution is 2.58. The summed E-state index contributed by atoms with van der Waals surface area (Å²) in [6.07, 6.45) is 2.38. The molecule has 1 aromatic rings. The number of carbonyl (C=O) groups excluding carboxylic acids is 1. The molecule has 1 aliphatic heterocycles. The van der Waals surface area contributed by atoms with Crippen molar-refractivity contribution < 1.29 is 9.53 Å². The van der Waals surface area contributed by atoms with Crippen LogP contribution in [0, 0.1) is 11.3 Å². The zero-order valence-corrected chi connectivity index (χ0v) is 12.1. The van der Waals surface area contributed by atoms with Gasteiger partial charge in [0.1, 0.15) is 17.7 Å². The first kappa shape index (κ1) is 13.5. The number of H-pyrrole nitrogens is 1. The van der Waals surface area contributed by atoms with E-state index in [2.05, 4.69) is 15.2 Å². The summed E-state index contributed by atoms with van der Waals surface area (Å²) in [5.41, 5.74) is 5.32. The summed E-state index contributed by atoms with van der Waals surface area (Å²) >= 11 is 0. The number of ether oxygens (including phenoxy) is 1. The minimum Gasteiger partial charge on any atom is -0.377 e. The Labute approximate surface area is 117 Å². The summed E-state index contributed by atoms with van der Waals surface area (Å²) in [6, 6.07) is 0. The third kappa shape index (κ3) is 1.56. The van der Waals surface area contributed by atoms with Crippen LogP contribution in [0.3, 0.4) is 0 Å². The highest BCUT2D eigenvalue weighted by Gasteiger charge is 2.71. The molecule has 3 rings (SSSR count). The highest BCUT2D eigenvalue weighted by molar-refractivity contribution is 5.89. The number of carbonyl (C=O) groups is 1. The van der Waals surface area contributed by atoms with Crippen molar-refractivity contribution in [2.24, 2.45) is 17.1 Å². The van der Waals surface area contributed by atoms with Crippen LogP contribution in [0.15, 0.2) is 6.33 Å². The largest absolute Gasteiger partial charge is 0.377 e. The molecule has 7 nitrogen and oxygen atoms in total. The summed E-state index contributed by atoms with van der Waals surface area (Å²) < 4.78 is 5.72. The van der Waals surface area contributed by atoms with E-state index in [0.29, 0.717) is 19.0 Å². The molecular weight excluding hydrogens is 258 g/mol. The predicted molar refractivity (Wildman–Crippen MR) is 71.4 cm³/mol. The SMILES string of the molecule is CN(Cc1ncn[nH]1)C(=O)C1(N)C2CCOC2C1(C)C. The number of likely N-dealkylation sites (N-methyl/N-ethyl adjacent to an activating group) is 1. The second kappa shape index (κ2) is 4.26. The van der Waals surface area contributed by atoms with Crippen molar-refractivity contribution in [2.75, 3.05) is 13.7 Å². The van der Waals surface area contributed by atoms with Crippen molar-refractivity contribution in [3.63, 3.8) is 0 Å². The number of nitrogens with two attached hydrogens (primary N) is 1. The summed E-state index contributed by atoms with van der Waals surface area (Å²) in [5, 5.41) is 6.54. The lowest BCUT2D eigenvalue weighted by molar-refractivity contribution is -0.183. The number of nitrogens with one attached hydrogen (secondary N) is 1. The molecule has 7 heteroatoms. The fourth-order valence-corrected chi connectivity index (χ4v) is 3.74. The lowest BCUT2D eigenvalue weighted by Gasteiger charge is -2.61. The van der Waals surface area contributed by atoms with E-state index in [0.717, 1.165) is 6.42 Å². The van der Waals surface area contributed by atoms with Crippen LogP contribution in [0.5, 0.6) is 0 Å². The average molecular weight is 279 g/mol. The zero-order valence-electron chi connectivity index (χ0n) is 12.1. The Bertz CT molecular complexity index is 515. The van der Waals surface area contributed by atoms with Gasteiger partial charge in [-0.1, -0.05) is 13.8 Å². The molecule has 110 valence electrons. The van der Waals surface area contributed by atoms with E-state index in [1.54, 1.807) is 11.9 Å². The quantitative estimate of drug-likeness (QED) is 0.805. The predicted octanol–water partition coefficient (Wildman–Crippen LogP) is -0.0945. The van der Waals surface area contributed by atoms with Crippen molar-refractivity contribution in [3.8, 4) is 0 Å². The van der Waals surface area contributed by atoms with Crippen LogP contribution in [0.2, 0.25) is 0 Å². The van der Waals surface area contributed by atoms with Crippen LogP contribution >= 0.6 is 0 Å². The number of aromatic nitrogens is 3. The molecule has 2 aliphatic rings. The van der Waals surface area contributed by atoms with Crippen molar-refractivity contribution in [1.82, 2.24) is 20.1 Å². The molecule has 3 N–H and O–H groups in total. The van der Waals surface area contributed by atoms with Gasteiger partial charge in [0.05, 0.1) is 12.6 Å². The number of rotatable bonds is 3. The maximum Gasteiger partial charge on any atom is 0.243 e. The first-order valence-electron chi connectivity index (χ1n) is 6.89. The molecule has 20 heavy (non-hydrogen) atoms. The molecule has 1 aromatic heterocycles. The molecule has 2 heterocycles. The monoisotopic (exact) mass is 279 g/mol. The number of nitrogens with zero attached hydrogens (tertiary/aromatic N) is 3. The average Bonchev–Trinajstić information content (AvgIpc) is 3.06. The van der Waals surface area contributed by atoms with Gasteiger partial charge in [0.2, 0.25) is 5.91 Å². The van der Waals surface area contributed by atoms with Crippen molar-refractivity contribution in [2.45, 2.75) is 38.5 Å². The number of amides is 1. The molecule has 3 atom stereocenters. The molecule has 3 unspecified atom stereocenters. The molecule has 0 bridgehead atoms. The first-order valence-corrected chi connectivity index (χ1v) is 6.89. The fraction of sp³-hybridized carbons (Fsp3) is 0.769. The Hall–Kier alpha value is -1.47. The van der Waals surface area contributed by atoms with Gasteiger partial charge in [-0.15, -0.1) is 0 Å². The number of hydrogen-bond donors (Lipinski definition) is 2. The Kier molecular flexibility index (Phi) is 2.88. The van der Waals surface area contributed by atoms with E-state index in [4.69, 9.17) is 10.5 Å². The van der Waals surface area contributed by atoms with Crippen LogP contribution in [0.25, 0.3) is 0 Å². The molecular formula is C13H21N5O2. The molecule has 1 aliphatic carbocycles. The Morgan fingerprint density at radius 3 is 3.05 bits per heavy atom. The van der Waals surface area contributed by atoms with E-state index in [-0.39, 0.29) is 23.3 Å². The maximum atomic E-state index is 12.8. The first-order chi connectivity index (χ1) is 9.39. The van der Waals surface area contributed by atoms with Gasteiger partial charge in [-0.25, -0.2) is 4.98 Å². The Morgan fingerprint density at radius 1 is 1.65 bits per heavy atom. The van der Waals surface area contributed by atoms with Gasteiger partial charge in [-0.2, -0.15) is 5.10 Å². The summed E-state index contributed by atoms with van der Waals surface area (Å²) in [6.45, 7) is 5.10. The third-order valence-electron chi connectivity index (χ3n) is 5.01. The van der Waals surface area contributed by atoms with Crippen LogP contribution in [0.4, 0.5) is 0 Å². The standard InChI is InChI=1S/C13H21N5O2/c1-12(2)10-8(4-5-20-10)13(12,14)11(19)18(3)6-9-15-7-16-17-9/h7-8,10H,4-6,14H2,1-3H3,(H,15,16,17). The van der Waals surface area contributed by atoms with E-state index >= 15 is 0 Å². The molecule has 0 radical (unpaired) electrons. The van der Waals surface area contributed by atoms with E-state index in [1.807, 2.05) is 13.8 Å². The number of aromatic amines is 1. The topological polar surface area (TPSA) is 97.1 Å². The minimum absolute atomic E-state index is 0.0503. The van der Waals surface area contributed by atoms with Crippen LogP contribution in [-0.2, 0) is 16.1 Å². The second-order valence-corrected chi connectivity index (χ2v) is 6.37. The van der Waals surface area contributed by atoms with Crippen LogP contribution < -0.4 is 5.73 Å². The fourth-order valence-electron chi connectivity index (χ4n) is 3.74. The Balaban J connectivity index is 1.79. The lowest BCUT2D eigenvalue weighted by atomic mass is 9.47. The summed E-state index contributed by atoms with van der Waals surface area (Å²) in [7, 11) is 1.75. The van der Waals surface area contributed by atoms with Crippen molar-refractivity contribution >= 4 is 5.91 Å². The molecule has 2 fully saturated rings. The molecule has 1 amide bonds. The highest BCUT2D eigenvalue weighted by atomic mass is 16.5. The van der Waals surface area contributed by atoms with Gasteiger partial charge in [-0.3, -0.25) is 9.89 Å². The number of fused-ring (bicyclic) bond motifs is 1. The normalized spacial score (nSPS) is 34.4. The van der Waals surface area contributed by atoms with Crippen molar-refractivity contribution in [3.05, 3.63) is 12.2 Å². The van der Waals surface area contributed by atoms with E-state index in [1.165, 1.54) is 6.33 Å².